The van der Waals surface area contributed by atoms with Crippen LogP contribution in [0.2, 0.25) is 0 Å². The zero-order valence-corrected chi connectivity index (χ0v) is 38.9. The van der Waals surface area contributed by atoms with E-state index >= 15 is 0 Å². The molecule has 6 aliphatic carbocycles. The maximum Gasteiger partial charge on any atom is 0.319 e. The van der Waals surface area contributed by atoms with Gasteiger partial charge in [-0.05, 0) is 159 Å². The lowest BCUT2D eigenvalue weighted by Gasteiger charge is -2.34. The summed E-state index contributed by atoms with van der Waals surface area (Å²) in [6.45, 7) is 21.8. The Morgan fingerprint density at radius 2 is 0.686 bits per heavy atom. The third kappa shape index (κ3) is 8.71. The van der Waals surface area contributed by atoms with E-state index in [1.807, 2.05) is 62.3 Å². The molecule has 0 aromatic carbocycles. The van der Waals surface area contributed by atoms with Gasteiger partial charge in [-0.1, -0.05) is 67.8 Å². The van der Waals surface area contributed by atoms with Gasteiger partial charge in [-0.3, -0.25) is 28.8 Å². The molecule has 9 nitrogen and oxygen atoms in total. The van der Waals surface area contributed by atoms with Gasteiger partial charge in [-0.15, -0.1) is 0 Å². The molecule has 0 spiro atoms. The number of ether oxygens (including phenoxy) is 3. The normalized spacial score (nSPS) is 40.8. The minimum atomic E-state index is -0.929. The maximum atomic E-state index is 12.4. The molecule has 0 heterocycles. The van der Waals surface area contributed by atoms with Gasteiger partial charge in [0.2, 0.25) is 0 Å². The average molecular weight is 1050 g/mol. The third-order valence-electron chi connectivity index (χ3n) is 11.3. The molecule has 0 bridgehead atoms. The number of halogens is 3. The summed E-state index contributed by atoms with van der Waals surface area (Å²) in [4.78, 5) is 73.9. The second-order valence-corrected chi connectivity index (χ2v) is 25.2. The molecular formula is C39H57I3O9. The Labute approximate surface area is 345 Å². The van der Waals surface area contributed by atoms with Crippen molar-refractivity contribution < 1.29 is 43.0 Å². The number of ketones is 3. The molecule has 51 heavy (non-hydrogen) atoms. The van der Waals surface area contributed by atoms with Crippen LogP contribution in [0.3, 0.4) is 0 Å². The van der Waals surface area contributed by atoms with Crippen LogP contribution < -0.4 is 0 Å². The van der Waals surface area contributed by atoms with E-state index in [1.54, 1.807) is 20.8 Å². The van der Waals surface area contributed by atoms with E-state index in [0.29, 0.717) is 37.0 Å². The van der Waals surface area contributed by atoms with E-state index in [0.717, 1.165) is 38.5 Å². The molecule has 6 rings (SSSR count). The standard InChI is InChI=1S/3C13H19IO3/c3*1-11(2,3)17-10(16)12(4)6-5-8-7-13(8,14)9(12)15/h3*8H,5-7H2,1-4H3/t3*8-,12-,13-/m110/s1. The van der Waals surface area contributed by atoms with Crippen molar-refractivity contribution in [3.63, 3.8) is 0 Å². The topological polar surface area (TPSA) is 130 Å². The Kier molecular flexibility index (Phi) is 11.6. The van der Waals surface area contributed by atoms with Gasteiger partial charge in [0.1, 0.15) is 33.0 Å². The molecule has 0 aromatic heterocycles. The Morgan fingerprint density at radius 3 is 0.863 bits per heavy atom. The van der Waals surface area contributed by atoms with Crippen LogP contribution in [0.4, 0.5) is 0 Å². The highest BCUT2D eigenvalue weighted by Gasteiger charge is 2.69. The Bertz CT molecular complexity index is 1330. The molecule has 9 atom stereocenters. The van der Waals surface area contributed by atoms with E-state index in [2.05, 4.69) is 67.8 Å². The third-order valence-corrected chi connectivity index (χ3v) is 16.7. The van der Waals surface area contributed by atoms with Gasteiger partial charge in [0.05, 0.1) is 10.3 Å². The van der Waals surface area contributed by atoms with E-state index in [1.165, 1.54) is 0 Å². The van der Waals surface area contributed by atoms with Crippen LogP contribution in [0, 0.1) is 34.0 Å². The summed E-state index contributed by atoms with van der Waals surface area (Å²) >= 11 is 6.69. The predicted octanol–water partition coefficient (Wildman–Crippen LogP) is 8.67. The van der Waals surface area contributed by atoms with Crippen molar-refractivity contribution in [3.05, 3.63) is 0 Å². The van der Waals surface area contributed by atoms with Gasteiger partial charge in [-0.2, -0.15) is 0 Å². The first-order chi connectivity index (χ1) is 22.8. The summed E-state index contributed by atoms with van der Waals surface area (Å²) in [7, 11) is 0. The molecule has 0 aromatic rings. The summed E-state index contributed by atoms with van der Waals surface area (Å²) in [5, 5.41) is 0. The second-order valence-electron chi connectivity index (χ2n) is 19.4. The molecular weight excluding hydrogens is 993 g/mol. The molecule has 0 amide bonds. The largest absolute Gasteiger partial charge is 0.459 e. The Balaban J connectivity index is 0.000000172. The smallest absolute Gasteiger partial charge is 0.319 e. The Hall–Kier alpha value is -0.390. The number of hydrogen-bond donors (Lipinski definition) is 0. The SMILES string of the molecule is CC(C)(C)OC(=O)[C@@]1(C)CC[C@H]2C[C@@]2(I)C1=O.CC(C)(C)OC(=O)[C@]1(C)CC[C@@H]2C[C@]2(I)C1=O.CC(C)(C)OC(=O)[C@]1(C)CC[C@@H]2C[C@]2(I)C1=O. The van der Waals surface area contributed by atoms with Crippen LogP contribution in [0.15, 0.2) is 0 Å². The van der Waals surface area contributed by atoms with Crippen molar-refractivity contribution in [2.24, 2.45) is 34.0 Å². The zero-order valence-electron chi connectivity index (χ0n) is 32.4. The lowest BCUT2D eigenvalue weighted by Crippen LogP contribution is -2.48. The molecule has 12 heteroatoms. The summed E-state index contributed by atoms with van der Waals surface area (Å²) in [5.74, 6) is 0.663. The van der Waals surface area contributed by atoms with Gasteiger partial charge in [0.15, 0.2) is 17.3 Å². The monoisotopic (exact) mass is 1050 g/mol. The molecule has 0 aliphatic heterocycles. The number of esters is 3. The first-order valence-corrected chi connectivity index (χ1v) is 21.4. The number of carbonyl (C=O) groups excluding carboxylic acids is 6. The van der Waals surface area contributed by atoms with Gasteiger partial charge in [0.25, 0.3) is 0 Å². The van der Waals surface area contributed by atoms with Gasteiger partial charge < -0.3 is 14.2 Å². The summed E-state index contributed by atoms with van der Waals surface area (Å²) < 4.78 is 15.4. The number of fused-ring (bicyclic) bond motifs is 3. The minimum absolute atomic E-state index is 0.0797. The van der Waals surface area contributed by atoms with E-state index < -0.39 is 33.0 Å². The quantitative estimate of drug-likeness (QED) is 0.0897. The highest BCUT2D eigenvalue weighted by molar-refractivity contribution is 14.1. The van der Waals surface area contributed by atoms with E-state index in [4.69, 9.17) is 14.2 Å². The minimum Gasteiger partial charge on any atom is -0.459 e. The van der Waals surface area contributed by atoms with Crippen molar-refractivity contribution in [1.82, 2.24) is 0 Å². The van der Waals surface area contributed by atoms with Gasteiger partial charge >= 0.3 is 17.9 Å². The summed E-state index contributed by atoms with van der Waals surface area (Å²) in [6.07, 6.45) is 7.60. The van der Waals surface area contributed by atoms with Crippen LogP contribution in [0.25, 0.3) is 0 Å². The van der Waals surface area contributed by atoms with Crippen molar-refractivity contribution in [1.29, 1.82) is 0 Å². The molecule has 0 radical (unpaired) electrons. The highest BCUT2D eigenvalue weighted by Crippen LogP contribution is 2.64. The maximum absolute atomic E-state index is 12.4. The molecule has 6 saturated carbocycles. The number of alkyl halides is 3. The molecule has 288 valence electrons. The van der Waals surface area contributed by atoms with Crippen LogP contribution in [-0.2, 0) is 43.0 Å². The Morgan fingerprint density at radius 1 is 0.490 bits per heavy atom. The first kappa shape index (κ1) is 43.3. The van der Waals surface area contributed by atoms with Crippen LogP contribution in [0.5, 0.6) is 0 Å². The average Bonchev–Trinajstić information content (AvgIpc) is 3.91. The zero-order chi connectivity index (χ0) is 39.2. The van der Waals surface area contributed by atoms with Crippen molar-refractivity contribution >= 4 is 103 Å². The fraction of sp³-hybridized carbons (Fsp3) is 0.846. The number of hydrogen-bond acceptors (Lipinski definition) is 9. The number of Topliss-reactive ketones (excluding diaryl/α,β-unsaturated/α-hetero) is 3. The van der Waals surface area contributed by atoms with Crippen LogP contribution >= 0.6 is 67.8 Å². The lowest BCUT2D eigenvalue weighted by molar-refractivity contribution is -0.172. The highest BCUT2D eigenvalue weighted by atomic mass is 127. The van der Waals surface area contributed by atoms with Crippen molar-refractivity contribution in [3.8, 4) is 0 Å². The molecule has 0 unspecified atom stereocenters. The van der Waals surface area contributed by atoms with Crippen molar-refractivity contribution in [2.75, 3.05) is 0 Å². The molecule has 6 aliphatic rings. The van der Waals surface area contributed by atoms with Crippen LogP contribution in [0.1, 0.15) is 141 Å². The lowest BCUT2D eigenvalue weighted by atomic mass is 9.74. The molecule has 0 saturated heterocycles. The van der Waals surface area contributed by atoms with Crippen LogP contribution in [-0.4, -0.2) is 62.3 Å². The van der Waals surface area contributed by atoms with Gasteiger partial charge in [-0.25, -0.2) is 0 Å². The number of carbonyl (C=O) groups is 6. The summed E-state index contributed by atoms with van der Waals surface area (Å²) in [6, 6.07) is 0. The fourth-order valence-electron chi connectivity index (χ4n) is 7.59. The second kappa shape index (κ2) is 13.7. The summed E-state index contributed by atoms with van der Waals surface area (Å²) in [5.41, 5.74) is -4.37. The molecule has 0 N–H and O–H groups in total. The molecule has 6 fully saturated rings. The fourth-order valence-corrected chi connectivity index (χ4v) is 11.9. The first-order valence-electron chi connectivity index (χ1n) is 18.2. The van der Waals surface area contributed by atoms with Gasteiger partial charge in [0, 0.05) is 0 Å². The predicted molar refractivity (Wildman–Crippen MR) is 219 cm³/mol. The van der Waals surface area contributed by atoms with Crippen molar-refractivity contribution in [2.45, 2.75) is 168 Å². The van der Waals surface area contributed by atoms with E-state index in [-0.39, 0.29) is 45.5 Å². The number of rotatable bonds is 3. The van der Waals surface area contributed by atoms with E-state index in [9.17, 15) is 28.8 Å².